The zero-order valence-electron chi connectivity index (χ0n) is 10.7. The van der Waals surface area contributed by atoms with Gasteiger partial charge in [-0.15, -0.1) is 0 Å². The van der Waals surface area contributed by atoms with Gasteiger partial charge in [0.15, 0.2) is 0 Å². The molecule has 0 fully saturated rings. The first kappa shape index (κ1) is 13.0. The molecule has 1 aromatic heterocycles. The summed E-state index contributed by atoms with van der Waals surface area (Å²) in [5, 5.41) is 3.17. The van der Waals surface area contributed by atoms with Gasteiger partial charge in [-0.05, 0) is 38.1 Å². The van der Waals surface area contributed by atoms with Crippen LogP contribution in [0.2, 0.25) is 0 Å². The van der Waals surface area contributed by atoms with E-state index in [1.165, 1.54) is 18.4 Å². The first-order chi connectivity index (χ1) is 7.81. The fraction of sp³-hybridized carbons (Fsp3) is 0.615. The highest BCUT2D eigenvalue weighted by molar-refractivity contribution is 5.40. The number of unbranched alkanes of at least 4 members (excludes halogenated alkanes) is 1. The molecule has 3 nitrogen and oxygen atoms in total. The van der Waals surface area contributed by atoms with Crippen LogP contribution >= 0.6 is 0 Å². The van der Waals surface area contributed by atoms with E-state index in [2.05, 4.69) is 41.2 Å². The summed E-state index contributed by atoms with van der Waals surface area (Å²) in [5.41, 5.74) is 1.29. The van der Waals surface area contributed by atoms with Crippen molar-refractivity contribution in [2.75, 3.05) is 25.0 Å². The first-order valence-electron chi connectivity index (χ1n) is 6.16. The van der Waals surface area contributed by atoms with Crippen LogP contribution in [-0.2, 0) is 6.54 Å². The van der Waals surface area contributed by atoms with Crippen molar-refractivity contribution in [2.24, 2.45) is 0 Å². The molecule has 0 aliphatic heterocycles. The summed E-state index contributed by atoms with van der Waals surface area (Å²) in [6.45, 7) is 7.43. The number of anilines is 1. The van der Waals surface area contributed by atoms with Gasteiger partial charge in [0.2, 0.25) is 0 Å². The summed E-state index contributed by atoms with van der Waals surface area (Å²) in [6.07, 6.45) is 4.36. The molecule has 0 spiro atoms. The number of nitrogens with zero attached hydrogens (tertiary/aromatic N) is 2. The average molecular weight is 221 g/mol. The van der Waals surface area contributed by atoms with E-state index in [0.29, 0.717) is 0 Å². The largest absolute Gasteiger partial charge is 0.357 e. The second-order valence-corrected chi connectivity index (χ2v) is 3.99. The number of hydrogen-bond acceptors (Lipinski definition) is 3. The van der Waals surface area contributed by atoms with Gasteiger partial charge in [0, 0.05) is 25.8 Å². The maximum absolute atomic E-state index is 4.44. The maximum atomic E-state index is 4.44. The Kier molecular flexibility index (Phi) is 5.86. The number of nitrogens with one attached hydrogen (secondary N) is 1. The molecule has 0 aromatic carbocycles. The van der Waals surface area contributed by atoms with Crippen LogP contribution in [0.5, 0.6) is 0 Å². The lowest BCUT2D eigenvalue weighted by atomic mass is 10.2. The van der Waals surface area contributed by atoms with Crippen molar-refractivity contribution >= 4 is 5.82 Å². The van der Waals surface area contributed by atoms with Crippen molar-refractivity contribution in [1.29, 1.82) is 0 Å². The first-order valence-corrected chi connectivity index (χ1v) is 6.16. The van der Waals surface area contributed by atoms with Crippen molar-refractivity contribution < 1.29 is 0 Å². The third kappa shape index (κ3) is 3.81. The van der Waals surface area contributed by atoms with Crippen LogP contribution in [0.1, 0.15) is 32.3 Å². The highest BCUT2D eigenvalue weighted by atomic mass is 15.2. The second-order valence-electron chi connectivity index (χ2n) is 3.99. The molecular weight excluding hydrogens is 198 g/mol. The van der Waals surface area contributed by atoms with Gasteiger partial charge in [0.25, 0.3) is 0 Å². The van der Waals surface area contributed by atoms with Crippen LogP contribution in [-0.4, -0.2) is 25.1 Å². The van der Waals surface area contributed by atoms with Crippen molar-refractivity contribution in [1.82, 2.24) is 10.3 Å². The van der Waals surface area contributed by atoms with Crippen LogP contribution < -0.4 is 10.2 Å². The standard InChI is InChI=1S/C13H23N3/c1-4-6-9-16(5-2)13-10-12(11-14-3)7-8-15-13/h7-8,10,14H,4-6,9,11H2,1-3H3. The van der Waals surface area contributed by atoms with Crippen LogP contribution in [0.25, 0.3) is 0 Å². The van der Waals surface area contributed by atoms with E-state index in [9.17, 15) is 0 Å². The van der Waals surface area contributed by atoms with Crippen molar-refractivity contribution in [2.45, 2.75) is 33.2 Å². The molecule has 0 saturated carbocycles. The van der Waals surface area contributed by atoms with Gasteiger partial charge in [-0.1, -0.05) is 13.3 Å². The lowest BCUT2D eigenvalue weighted by Crippen LogP contribution is -2.25. The molecular formula is C13H23N3. The van der Waals surface area contributed by atoms with Crippen molar-refractivity contribution in [3.63, 3.8) is 0 Å². The van der Waals surface area contributed by atoms with Gasteiger partial charge in [-0.2, -0.15) is 0 Å². The predicted octanol–water partition coefficient (Wildman–Crippen LogP) is 2.43. The van der Waals surface area contributed by atoms with Gasteiger partial charge in [0.1, 0.15) is 5.82 Å². The molecule has 1 N–H and O–H groups in total. The van der Waals surface area contributed by atoms with E-state index in [4.69, 9.17) is 0 Å². The smallest absolute Gasteiger partial charge is 0.128 e. The van der Waals surface area contributed by atoms with Crippen molar-refractivity contribution in [3.05, 3.63) is 23.9 Å². The van der Waals surface area contributed by atoms with E-state index >= 15 is 0 Å². The molecule has 0 saturated heterocycles. The zero-order valence-corrected chi connectivity index (χ0v) is 10.7. The Morgan fingerprint density at radius 3 is 2.81 bits per heavy atom. The fourth-order valence-electron chi connectivity index (χ4n) is 1.73. The molecule has 0 amide bonds. The molecule has 3 heteroatoms. The summed E-state index contributed by atoms with van der Waals surface area (Å²) in [7, 11) is 1.97. The van der Waals surface area contributed by atoms with E-state index in [0.717, 1.165) is 25.5 Å². The molecule has 0 radical (unpaired) electrons. The topological polar surface area (TPSA) is 28.2 Å². The molecule has 1 aromatic rings. The van der Waals surface area contributed by atoms with Gasteiger partial charge in [0.05, 0.1) is 0 Å². The molecule has 0 bridgehead atoms. The van der Waals surface area contributed by atoms with Crippen LogP contribution in [0, 0.1) is 0 Å². The number of rotatable bonds is 7. The molecule has 16 heavy (non-hydrogen) atoms. The monoisotopic (exact) mass is 221 g/mol. The predicted molar refractivity (Wildman–Crippen MR) is 69.8 cm³/mol. The van der Waals surface area contributed by atoms with Crippen LogP contribution in [0.4, 0.5) is 5.82 Å². The van der Waals surface area contributed by atoms with E-state index in [1.807, 2.05) is 13.2 Å². The Balaban J connectivity index is 2.71. The third-order valence-corrected chi connectivity index (χ3v) is 2.68. The summed E-state index contributed by atoms with van der Waals surface area (Å²) in [6, 6.07) is 4.24. The molecule has 0 atom stereocenters. The second kappa shape index (κ2) is 7.23. The molecule has 0 aliphatic rings. The van der Waals surface area contributed by atoms with Gasteiger partial charge in [-0.3, -0.25) is 0 Å². The Morgan fingerprint density at radius 1 is 1.38 bits per heavy atom. The summed E-state index contributed by atoms with van der Waals surface area (Å²) in [5.74, 6) is 1.10. The fourth-order valence-corrected chi connectivity index (χ4v) is 1.73. The minimum Gasteiger partial charge on any atom is -0.357 e. The number of hydrogen-bond donors (Lipinski definition) is 1. The molecule has 90 valence electrons. The quantitative estimate of drug-likeness (QED) is 0.766. The van der Waals surface area contributed by atoms with Gasteiger partial charge in [-0.25, -0.2) is 4.98 Å². The number of aromatic nitrogens is 1. The molecule has 1 rings (SSSR count). The summed E-state index contributed by atoms with van der Waals surface area (Å²) in [4.78, 5) is 6.78. The zero-order chi connectivity index (χ0) is 11.8. The SMILES string of the molecule is CCCCN(CC)c1cc(CNC)ccn1. The minimum atomic E-state index is 0.904. The Hall–Kier alpha value is -1.09. The maximum Gasteiger partial charge on any atom is 0.128 e. The molecule has 1 heterocycles. The van der Waals surface area contributed by atoms with Gasteiger partial charge >= 0.3 is 0 Å². The lowest BCUT2D eigenvalue weighted by molar-refractivity contribution is 0.722. The highest BCUT2D eigenvalue weighted by Crippen LogP contribution is 2.13. The minimum absolute atomic E-state index is 0.904. The summed E-state index contributed by atoms with van der Waals surface area (Å²) >= 11 is 0. The van der Waals surface area contributed by atoms with E-state index < -0.39 is 0 Å². The van der Waals surface area contributed by atoms with Gasteiger partial charge < -0.3 is 10.2 Å². The highest BCUT2D eigenvalue weighted by Gasteiger charge is 2.05. The van der Waals surface area contributed by atoms with E-state index in [-0.39, 0.29) is 0 Å². The Morgan fingerprint density at radius 2 is 2.19 bits per heavy atom. The Labute approximate surface area is 98.9 Å². The average Bonchev–Trinajstić information content (AvgIpc) is 2.31. The van der Waals surface area contributed by atoms with E-state index in [1.54, 1.807) is 0 Å². The molecule has 0 aliphatic carbocycles. The Bertz CT molecular complexity index is 299. The normalized spacial score (nSPS) is 10.4. The van der Waals surface area contributed by atoms with Crippen LogP contribution in [0.3, 0.4) is 0 Å². The van der Waals surface area contributed by atoms with Crippen molar-refractivity contribution in [3.8, 4) is 0 Å². The number of pyridine rings is 1. The lowest BCUT2D eigenvalue weighted by Gasteiger charge is -2.22. The molecule has 0 unspecified atom stereocenters. The third-order valence-electron chi connectivity index (χ3n) is 2.68. The summed E-state index contributed by atoms with van der Waals surface area (Å²) < 4.78 is 0. The van der Waals surface area contributed by atoms with Crippen LogP contribution in [0.15, 0.2) is 18.3 Å².